The summed E-state index contributed by atoms with van der Waals surface area (Å²) in [5, 5.41) is 7.52. The van der Waals surface area contributed by atoms with Gasteiger partial charge >= 0.3 is 0 Å². The van der Waals surface area contributed by atoms with Gasteiger partial charge in [0.25, 0.3) is 0 Å². The number of thiophene rings is 1. The van der Waals surface area contributed by atoms with Crippen LogP contribution in [-0.4, -0.2) is 14.1 Å². The highest BCUT2D eigenvalue weighted by Crippen LogP contribution is 2.38. The number of benzene rings is 5. The van der Waals surface area contributed by atoms with Crippen molar-refractivity contribution in [3.05, 3.63) is 127 Å². The fraction of sp³-hybridized carbons (Fsp3) is 0. The van der Waals surface area contributed by atoms with E-state index in [1.54, 1.807) is 11.3 Å². The highest BCUT2D eigenvalue weighted by Gasteiger charge is 2.16. The average molecular weight is 516 g/mol. The molecular weight excluding hydrogens is 494 g/mol. The molecule has 4 aromatic heterocycles. The van der Waals surface area contributed by atoms with E-state index >= 15 is 0 Å². The van der Waals surface area contributed by atoms with Crippen molar-refractivity contribution in [3.8, 4) is 11.5 Å². The Bertz CT molecular complexity index is 2130. The molecule has 39 heavy (non-hydrogen) atoms. The van der Waals surface area contributed by atoms with Crippen LogP contribution >= 0.6 is 11.3 Å². The van der Waals surface area contributed by atoms with Gasteiger partial charge in [-0.15, -0.1) is 11.3 Å². The van der Waals surface area contributed by atoms with Crippen LogP contribution < -0.4 is 0 Å². The minimum Gasteiger partial charge on any atom is -0.309 e. The summed E-state index contributed by atoms with van der Waals surface area (Å²) < 4.78 is 5.92. The summed E-state index contributed by atoms with van der Waals surface area (Å²) in [5.74, 6) is 0.953. The van der Waals surface area contributed by atoms with E-state index in [1.165, 1.54) is 64.8 Å². The smallest absolute Gasteiger partial charge is 0.139 e. The Morgan fingerprint density at radius 3 is 1.49 bits per heavy atom. The van der Waals surface area contributed by atoms with Gasteiger partial charge in [0.05, 0.1) is 22.1 Å². The van der Waals surface area contributed by atoms with Gasteiger partial charge in [0.2, 0.25) is 0 Å². The van der Waals surface area contributed by atoms with Gasteiger partial charge in [-0.1, -0.05) is 78.9 Å². The third kappa shape index (κ3) is 2.89. The molecule has 4 heteroatoms. The highest BCUT2D eigenvalue weighted by molar-refractivity contribution is 7.25. The zero-order valence-corrected chi connectivity index (χ0v) is 21.7. The van der Waals surface area contributed by atoms with E-state index in [1.807, 2.05) is 0 Å². The number of para-hydroxylation sites is 4. The first kappa shape index (κ1) is 21.1. The molecule has 0 saturated carbocycles. The van der Waals surface area contributed by atoms with Crippen LogP contribution in [0, 0.1) is 0 Å². The van der Waals surface area contributed by atoms with Crippen LogP contribution in [0.25, 0.3) is 75.4 Å². The van der Waals surface area contributed by atoms with E-state index in [9.17, 15) is 0 Å². The Morgan fingerprint density at radius 1 is 0.436 bits per heavy atom. The molecule has 0 aliphatic carbocycles. The van der Waals surface area contributed by atoms with Crippen LogP contribution in [-0.2, 0) is 0 Å². The summed E-state index contributed by atoms with van der Waals surface area (Å²) >= 11 is 1.77. The van der Waals surface area contributed by atoms with Crippen LogP contribution in [0.2, 0.25) is 0 Å². The Hall–Kier alpha value is -4.93. The van der Waals surface area contributed by atoms with Gasteiger partial charge < -0.3 is 4.57 Å². The van der Waals surface area contributed by atoms with Crippen molar-refractivity contribution < 1.29 is 0 Å². The molecule has 5 aromatic carbocycles. The lowest BCUT2D eigenvalue weighted by Gasteiger charge is -2.08. The van der Waals surface area contributed by atoms with Crippen molar-refractivity contribution in [1.82, 2.24) is 14.1 Å². The number of fused-ring (bicyclic) bond motifs is 9. The van der Waals surface area contributed by atoms with Crippen LogP contribution in [0.15, 0.2) is 127 Å². The van der Waals surface area contributed by atoms with E-state index in [-0.39, 0.29) is 0 Å². The predicted octanol–water partition coefficient (Wildman–Crippen LogP) is 9.64. The summed E-state index contributed by atoms with van der Waals surface area (Å²) in [6.07, 6.45) is 0. The lowest BCUT2D eigenvalue weighted by atomic mass is 10.2. The van der Waals surface area contributed by atoms with E-state index < -0.39 is 0 Å². The highest BCUT2D eigenvalue weighted by atomic mass is 32.1. The van der Waals surface area contributed by atoms with Crippen molar-refractivity contribution in [2.75, 3.05) is 0 Å². The van der Waals surface area contributed by atoms with Crippen molar-refractivity contribution in [3.63, 3.8) is 0 Å². The number of hydrogen-bond donors (Lipinski definition) is 0. The minimum atomic E-state index is 0.953. The lowest BCUT2D eigenvalue weighted by Crippen LogP contribution is -1.96. The second-order valence-electron chi connectivity index (χ2n) is 10.0. The third-order valence-corrected chi connectivity index (χ3v) is 9.02. The number of hydrogen-bond acceptors (Lipinski definition) is 2. The standard InChI is InChI=1S/C35H21N3S/c1-5-13-29-23(9-1)24-10-2-6-14-30(24)37(29)22-17-18-27-28-19-20-34(36-35(28)39-33(27)21-22)38-31-15-7-3-11-25(31)26-12-4-8-16-32(26)38/h1-21H. The molecular formula is C35H21N3S. The van der Waals surface area contributed by atoms with E-state index in [4.69, 9.17) is 4.98 Å². The van der Waals surface area contributed by atoms with E-state index in [0.29, 0.717) is 0 Å². The average Bonchev–Trinajstić information content (AvgIpc) is 3.64. The summed E-state index contributed by atoms with van der Waals surface area (Å²) in [5.41, 5.74) is 5.99. The topological polar surface area (TPSA) is 22.8 Å². The quantitative estimate of drug-likeness (QED) is 0.225. The van der Waals surface area contributed by atoms with Crippen LogP contribution in [0.3, 0.4) is 0 Å². The number of rotatable bonds is 2. The van der Waals surface area contributed by atoms with Gasteiger partial charge in [-0.2, -0.15) is 0 Å². The molecule has 0 unspecified atom stereocenters. The molecule has 4 heterocycles. The van der Waals surface area contributed by atoms with Crippen LogP contribution in [0.5, 0.6) is 0 Å². The zero-order chi connectivity index (χ0) is 25.5. The monoisotopic (exact) mass is 515 g/mol. The van der Waals surface area contributed by atoms with Crippen molar-refractivity contribution in [2.45, 2.75) is 0 Å². The predicted molar refractivity (Wildman–Crippen MR) is 166 cm³/mol. The third-order valence-electron chi connectivity index (χ3n) is 7.96. The largest absolute Gasteiger partial charge is 0.309 e. The molecule has 0 atom stereocenters. The summed E-state index contributed by atoms with van der Waals surface area (Å²) in [4.78, 5) is 6.28. The molecule has 182 valence electrons. The Balaban J connectivity index is 1.27. The molecule has 0 bridgehead atoms. The van der Waals surface area contributed by atoms with Gasteiger partial charge in [0, 0.05) is 42.7 Å². The fourth-order valence-electron chi connectivity index (χ4n) is 6.27. The van der Waals surface area contributed by atoms with Gasteiger partial charge in [-0.05, 0) is 48.5 Å². The second kappa shape index (κ2) is 7.79. The van der Waals surface area contributed by atoms with E-state index in [0.717, 1.165) is 10.6 Å². The Morgan fingerprint density at radius 2 is 0.923 bits per heavy atom. The fourth-order valence-corrected chi connectivity index (χ4v) is 7.37. The second-order valence-corrected chi connectivity index (χ2v) is 11.1. The van der Waals surface area contributed by atoms with Crippen LogP contribution in [0.4, 0.5) is 0 Å². The molecule has 0 N–H and O–H groups in total. The van der Waals surface area contributed by atoms with Gasteiger partial charge in [0.1, 0.15) is 10.6 Å². The SMILES string of the molecule is c1ccc2c(c1)c1ccccc1n2-c1ccc2c(c1)sc1nc(-n3c4ccccc4c4ccccc43)ccc12. The van der Waals surface area contributed by atoms with Crippen molar-refractivity contribution in [2.24, 2.45) is 0 Å². The molecule has 0 radical (unpaired) electrons. The maximum absolute atomic E-state index is 5.22. The number of pyridine rings is 1. The molecule has 0 spiro atoms. The molecule has 3 nitrogen and oxygen atoms in total. The number of nitrogens with zero attached hydrogens (tertiary/aromatic N) is 3. The zero-order valence-electron chi connectivity index (χ0n) is 20.9. The molecule has 9 rings (SSSR count). The maximum Gasteiger partial charge on any atom is 0.139 e. The summed E-state index contributed by atoms with van der Waals surface area (Å²) in [6, 6.07) is 45.7. The molecule has 0 saturated heterocycles. The van der Waals surface area contributed by atoms with Gasteiger partial charge in [-0.3, -0.25) is 4.57 Å². The first-order valence-electron chi connectivity index (χ1n) is 13.2. The number of aromatic nitrogens is 3. The minimum absolute atomic E-state index is 0.953. The Kier molecular flexibility index (Phi) is 4.21. The molecule has 0 aliphatic rings. The van der Waals surface area contributed by atoms with Crippen molar-refractivity contribution in [1.29, 1.82) is 0 Å². The van der Waals surface area contributed by atoms with Gasteiger partial charge in [-0.25, -0.2) is 4.98 Å². The molecule has 0 fully saturated rings. The summed E-state index contributed by atoms with van der Waals surface area (Å²) in [6.45, 7) is 0. The molecule has 0 amide bonds. The maximum atomic E-state index is 5.22. The lowest BCUT2D eigenvalue weighted by molar-refractivity contribution is 1.11. The Labute approximate surface area is 227 Å². The van der Waals surface area contributed by atoms with E-state index in [2.05, 4.69) is 137 Å². The van der Waals surface area contributed by atoms with Crippen LogP contribution in [0.1, 0.15) is 0 Å². The normalized spacial score (nSPS) is 12.1. The van der Waals surface area contributed by atoms with Gasteiger partial charge in [0.15, 0.2) is 0 Å². The summed E-state index contributed by atoms with van der Waals surface area (Å²) in [7, 11) is 0. The first-order chi connectivity index (χ1) is 19.3. The first-order valence-corrected chi connectivity index (χ1v) is 14.0. The van der Waals surface area contributed by atoms with Crippen molar-refractivity contribution >= 4 is 75.3 Å². The molecule has 0 aliphatic heterocycles. The molecule has 9 aromatic rings.